The van der Waals surface area contributed by atoms with Gasteiger partial charge in [0.25, 0.3) is 0 Å². The van der Waals surface area contributed by atoms with Crippen LogP contribution in [0.15, 0.2) is 72.8 Å². The molecule has 5 aromatic rings. The molecule has 0 atom stereocenters. The lowest BCUT2D eigenvalue weighted by molar-refractivity contribution is 0.483. The quantitative estimate of drug-likeness (QED) is 0.320. The number of hydrogen-bond donors (Lipinski definition) is 2. The maximum absolute atomic E-state index is 6.14. The third kappa shape index (κ3) is 4.23. The average Bonchev–Trinajstić information content (AvgIpc) is 3.14. The first-order valence-electron chi connectivity index (χ1n) is 9.84. The predicted molar refractivity (Wildman–Crippen MR) is 127 cm³/mol. The van der Waals surface area contributed by atoms with Crippen molar-refractivity contribution in [2.24, 2.45) is 0 Å². The number of hydrogen-bond acceptors (Lipinski definition) is 5. The van der Waals surface area contributed by atoms with E-state index >= 15 is 0 Å². The molecule has 5 rings (SSSR count). The van der Waals surface area contributed by atoms with Crippen LogP contribution in [0.3, 0.4) is 0 Å². The molecule has 8 heteroatoms. The first-order chi connectivity index (χ1) is 15.5. The molecule has 0 spiro atoms. The maximum atomic E-state index is 6.14. The van der Waals surface area contributed by atoms with Crippen LogP contribution >= 0.6 is 23.2 Å². The fraction of sp³-hybridized carbons (Fsp3) is 0.0417. The summed E-state index contributed by atoms with van der Waals surface area (Å²) in [5, 5.41) is 8.84. The number of nitrogens with one attached hydrogen (secondary N) is 1. The molecule has 158 valence electrons. The third-order valence-electron chi connectivity index (χ3n) is 4.88. The number of aromatic amines is 1. The monoisotopic (exact) mass is 461 g/mol. The average molecular weight is 462 g/mol. The van der Waals surface area contributed by atoms with Crippen molar-refractivity contribution >= 4 is 40.1 Å². The molecule has 0 aliphatic carbocycles. The second-order valence-electron chi connectivity index (χ2n) is 7.22. The predicted octanol–water partition coefficient (Wildman–Crippen LogP) is 6.29. The van der Waals surface area contributed by atoms with E-state index in [4.69, 9.17) is 38.7 Å². The summed E-state index contributed by atoms with van der Waals surface area (Å²) >= 11 is 12.3. The fourth-order valence-corrected chi connectivity index (χ4v) is 4.05. The SMILES string of the molecule is Nc1[nH]nc2nc(Cc3cc(Cl)cc(Cl)c3)nc(-c3ccc(Oc4ccccc4)cc3)c12. The van der Waals surface area contributed by atoms with Crippen molar-refractivity contribution in [2.45, 2.75) is 6.42 Å². The maximum Gasteiger partial charge on any atom is 0.187 e. The minimum Gasteiger partial charge on any atom is -0.457 e. The van der Waals surface area contributed by atoms with Crippen molar-refractivity contribution in [1.82, 2.24) is 20.2 Å². The Balaban J connectivity index is 1.51. The Morgan fingerprint density at radius 3 is 2.25 bits per heavy atom. The summed E-state index contributed by atoms with van der Waals surface area (Å²) in [6, 6.07) is 22.6. The molecule has 2 aromatic heterocycles. The Morgan fingerprint density at radius 2 is 1.53 bits per heavy atom. The minimum absolute atomic E-state index is 0.414. The van der Waals surface area contributed by atoms with Crippen molar-refractivity contribution in [3.05, 3.63) is 94.2 Å². The highest BCUT2D eigenvalue weighted by molar-refractivity contribution is 6.34. The molecule has 0 radical (unpaired) electrons. The lowest BCUT2D eigenvalue weighted by Gasteiger charge is -2.09. The minimum atomic E-state index is 0.414. The van der Waals surface area contributed by atoms with Gasteiger partial charge in [0.05, 0.1) is 11.1 Å². The molecule has 0 amide bonds. The van der Waals surface area contributed by atoms with Crippen LogP contribution in [0.2, 0.25) is 10.0 Å². The van der Waals surface area contributed by atoms with Gasteiger partial charge in [-0.05, 0) is 60.2 Å². The van der Waals surface area contributed by atoms with E-state index < -0.39 is 0 Å². The first kappa shape index (κ1) is 20.3. The van der Waals surface area contributed by atoms with E-state index in [9.17, 15) is 0 Å². The zero-order chi connectivity index (χ0) is 22.1. The second kappa shape index (κ2) is 8.49. The van der Waals surface area contributed by atoms with Gasteiger partial charge >= 0.3 is 0 Å². The highest BCUT2D eigenvalue weighted by atomic mass is 35.5. The van der Waals surface area contributed by atoms with Crippen LogP contribution in [0.5, 0.6) is 11.5 Å². The summed E-state index contributed by atoms with van der Waals surface area (Å²) in [5.74, 6) is 2.49. The van der Waals surface area contributed by atoms with Gasteiger partial charge in [0.2, 0.25) is 0 Å². The molecule has 0 saturated carbocycles. The third-order valence-corrected chi connectivity index (χ3v) is 5.32. The van der Waals surface area contributed by atoms with Crippen LogP contribution in [-0.2, 0) is 6.42 Å². The topological polar surface area (TPSA) is 89.7 Å². The van der Waals surface area contributed by atoms with Crippen LogP contribution in [0.4, 0.5) is 5.82 Å². The summed E-state index contributed by atoms with van der Waals surface area (Å²) in [6.45, 7) is 0. The lowest BCUT2D eigenvalue weighted by Crippen LogP contribution is -2.00. The van der Waals surface area contributed by atoms with Gasteiger partial charge in [-0.3, -0.25) is 5.10 Å². The van der Waals surface area contributed by atoms with Gasteiger partial charge in [-0.25, -0.2) is 9.97 Å². The van der Waals surface area contributed by atoms with Gasteiger partial charge in [-0.2, -0.15) is 5.10 Å². The molecule has 0 aliphatic rings. The van der Waals surface area contributed by atoms with E-state index in [1.807, 2.05) is 66.7 Å². The number of rotatable bonds is 5. The Kier molecular flexibility index (Phi) is 5.39. The van der Waals surface area contributed by atoms with Crippen LogP contribution in [0.1, 0.15) is 11.4 Å². The zero-order valence-electron chi connectivity index (χ0n) is 16.7. The van der Waals surface area contributed by atoms with Crippen molar-refractivity contribution < 1.29 is 4.74 Å². The zero-order valence-corrected chi connectivity index (χ0v) is 18.2. The highest BCUT2D eigenvalue weighted by Crippen LogP contribution is 2.31. The number of halogens is 2. The first-order valence-corrected chi connectivity index (χ1v) is 10.6. The Morgan fingerprint density at radius 1 is 0.844 bits per heavy atom. The number of fused-ring (bicyclic) bond motifs is 1. The summed E-state index contributed by atoms with van der Waals surface area (Å²) in [6.07, 6.45) is 0.450. The number of para-hydroxylation sites is 1. The molecule has 0 fully saturated rings. The largest absolute Gasteiger partial charge is 0.457 e. The summed E-state index contributed by atoms with van der Waals surface area (Å²) in [4.78, 5) is 9.36. The fourth-order valence-electron chi connectivity index (χ4n) is 3.48. The van der Waals surface area contributed by atoms with Crippen LogP contribution in [0.25, 0.3) is 22.3 Å². The molecular formula is C24H17Cl2N5O. The lowest BCUT2D eigenvalue weighted by atomic mass is 10.1. The molecular weight excluding hydrogens is 445 g/mol. The molecule has 0 unspecified atom stereocenters. The Labute approximate surface area is 194 Å². The Bertz CT molecular complexity index is 1380. The molecule has 0 bridgehead atoms. The smallest absolute Gasteiger partial charge is 0.187 e. The number of aromatic nitrogens is 4. The van der Waals surface area contributed by atoms with Crippen LogP contribution < -0.4 is 10.5 Å². The summed E-state index contributed by atoms with van der Waals surface area (Å²) in [5.41, 5.74) is 9.10. The standard InChI is InChI=1S/C24H17Cl2N5O/c25-16-10-14(11-17(26)13-16)12-20-28-22(21-23(27)30-31-24(21)29-20)15-6-8-19(9-7-15)32-18-4-2-1-3-5-18/h1-11,13H,12H2,(H3,27,28,29,30,31). The number of benzene rings is 3. The number of ether oxygens (including phenoxy) is 1. The van der Waals surface area contributed by atoms with Gasteiger partial charge in [0.1, 0.15) is 23.1 Å². The number of nitrogen functional groups attached to an aromatic ring is 1. The second-order valence-corrected chi connectivity index (χ2v) is 8.09. The normalized spacial score (nSPS) is 11.1. The van der Waals surface area contributed by atoms with Gasteiger partial charge in [0.15, 0.2) is 5.65 Å². The van der Waals surface area contributed by atoms with Crippen molar-refractivity contribution in [2.75, 3.05) is 5.73 Å². The Hall–Kier alpha value is -3.61. The van der Waals surface area contributed by atoms with Gasteiger partial charge in [-0.15, -0.1) is 0 Å². The van der Waals surface area contributed by atoms with E-state index in [1.54, 1.807) is 6.07 Å². The number of nitrogens with zero attached hydrogens (tertiary/aromatic N) is 3. The molecule has 3 aromatic carbocycles. The van der Waals surface area contributed by atoms with Gasteiger partial charge < -0.3 is 10.5 Å². The van der Waals surface area contributed by atoms with Gasteiger partial charge in [-0.1, -0.05) is 41.4 Å². The van der Waals surface area contributed by atoms with Crippen LogP contribution in [0, 0.1) is 0 Å². The van der Waals surface area contributed by atoms with Gasteiger partial charge in [0, 0.05) is 22.0 Å². The van der Waals surface area contributed by atoms with E-state index in [0.29, 0.717) is 44.8 Å². The molecule has 0 saturated heterocycles. The van der Waals surface area contributed by atoms with E-state index in [1.165, 1.54) is 0 Å². The molecule has 2 heterocycles. The van der Waals surface area contributed by atoms with Crippen molar-refractivity contribution in [3.8, 4) is 22.8 Å². The molecule has 32 heavy (non-hydrogen) atoms. The van der Waals surface area contributed by atoms with Crippen LogP contribution in [-0.4, -0.2) is 20.2 Å². The number of anilines is 1. The molecule has 0 aliphatic heterocycles. The van der Waals surface area contributed by atoms with E-state index in [-0.39, 0.29) is 0 Å². The molecule has 3 N–H and O–H groups in total. The molecule has 6 nitrogen and oxygen atoms in total. The summed E-state index contributed by atoms with van der Waals surface area (Å²) < 4.78 is 5.89. The summed E-state index contributed by atoms with van der Waals surface area (Å²) in [7, 11) is 0. The van der Waals surface area contributed by atoms with Crippen molar-refractivity contribution in [3.63, 3.8) is 0 Å². The highest BCUT2D eigenvalue weighted by Gasteiger charge is 2.16. The van der Waals surface area contributed by atoms with E-state index in [2.05, 4.69) is 15.2 Å². The number of nitrogens with two attached hydrogens (primary N) is 1. The number of H-pyrrole nitrogens is 1. The van der Waals surface area contributed by atoms with Crippen molar-refractivity contribution in [1.29, 1.82) is 0 Å². The van der Waals surface area contributed by atoms with E-state index in [0.717, 1.165) is 22.6 Å².